The molecule has 2 unspecified atom stereocenters. The number of carbonyl (C=O) groups excluding carboxylic acids is 4. The van der Waals surface area contributed by atoms with Gasteiger partial charge in [0.2, 0.25) is 0 Å². The molecule has 2 atom stereocenters. The predicted molar refractivity (Wildman–Crippen MR) is 148 cm³/mol. The lowest BCUT2D eigenvalue weighted by Gasteiger charge is -2.18. The number of aromatic nitrogens is 1. The Morgan fingerprint density at radius 3 is 1.76 bits per heavy atom. The van der Waals surface area contributed by atoms with Crippen LogP contribution in [0.25, 0.3) is 0 Å². The first-order chi connectivity index (χ1) is 18.1. The highest BCUT2D eigenvalue weighted by Gasteiger charge is 2.29. The number of hydrogen-bond donors (Lipinski definition) is 4. The first-order valence-corrected chi connectivity index (χ1v) is 14.2. The Balaban J connectivity index is 1.32. The second-order valence-electron chi connectivity index (χ2n) is 10.2. The molecule has 0 saturated carbocycles. The Morgan fingerprint density at radius 2 is 1.32 bits per heavy atom. The fourth-order valence-electron chi connectivity index (χ4n) is 5.20. The molecule has 0 aliphatic heterocycles. The van der Waals surface area contributed by atoms with Crippen LogP contribution < -0.4 is 22.1 Å². The number of carbonyl (C=O) groups is 4. The van der Waals surface area contributed by atoms with E-state index >= 15 is 0 Å². The number of anilines is 2. The van der Waals surface area contributed by atoms with E-state index in [1.165, 1.54) is 41.0 Å². The molecule has 0 radical (unpaired) electrons. The van der Waals surface area contributed by atoms with Gasteiger partial charge in [0.1, 0.15) is 15.7 Å². The van der Waals surface area contributed by atoms with Gasteiger partial charge in [0.25, 0.3) is 23.6 Å². The number of hydrogen-bond acceptors (Lipinski definition) is 7. The van der Waals surface area contributed by atoms with Gasteiger partial charge in [-0.3, -0.25) is 24.2 Å². The third-order valence-corrected chi connectivity index (χ3v) is 9.57. The summed E-state index contributed by atoms with van der Waals surface area (Å²) in [6.07, 6.45) is 6.46. The molecular weight excluding hydrogens is 522 g/mol. The van der Waals surface area contributed by atoms with Gasteiger partial charge in [0.05, 0.1) is 16.7 Å². The average Bonchev–Trinajstić information content (AvgIpc) is 3.40. The fourth-order valence-corrected chi connectivity index (χ4v) is 8.03. The number of fused-ring (bicyclic) bond motifs is 2. The van der Waals surface area contributed by atoms with Gasteiger partial charge in [-0.2, -0.15) is 0 Å². The van der Waals surface area contributed by atoms with Crippen LogP contribution in [0.1, 0.15) is 89.1 Å². The molecule has 38 heavy (non-hydrogen) atoms. The van der Waals surface area contributed by atoms with E-state index in [4.69, 9.17) is 11.5 Å². The maximum Gasteiger partial charge on any atom is 0.274 e. The summed E-state index contributed by atoms with van der Waals surface area (Å²) in [4.78, 5) is 56.5. The van der Waals surface area contributed by atoms with E-state index in [9.17, 15) is 19.2 Å². The lowest BCUT2D eigenvalue weighted by molar-refractivity contribution is 0.0988. The molecule has 4 amide bonds. The summed E-state index contributed by atoms with van der Waals surface area (Å²) in [5.41, 5.74) is 14.2. The lowest BCUT2D eigenvalue weighted by Crippen LogP contribution is -2.20. The summed E-state index contributed by atoms with van der Waals surface area (Å²) < 4.78 is 0. The zero-order valence-corrected chi connectivity index (χ0v) is 22.8. The molecule has 3 heterocycles. The Labute approximate surface area is 228 Å². The molecular formula is C27H29N5O4S2. The molecule has 0 bridgehead atoms. The van der Waals surface area contributed by atoms with Gasteiger partial charge in [-0.25, -0.2) is 0 Å². The van der Waals surface area contributed by atoms with Gasteiger partial charge < -0.3 is 22.1 Å². The highest BCUT2D eigenvalue weighted by Crippen LogP contribution is 2.40. The number of rotatable bonds is 6. The second kappa shape index (κ2) is 10.3. The van der Waals surface area contributed by atoms with Crippen molar-refractivity contribution >= 4 is 56.3 Å². The highest BCUT2D eigenvalue weighted by atomic mass is 32.1. The molecule has 0 fully saturated rings. The molecule has 5 rings (SSSR count). The first-order valence-electron chi connectivity index (χ1n) is 12.6. The number of primary amides is 2. The Kier molecular flexibility index (Phi) is 7.06. The maximum atomic E-state index is 12.9. The second-order valence-corrected chi connectivity index (χ2v) is 12.4. The van der Waals surface area contributed by atoms with Crippen LogP contribution in [-0.2, 0) is 25.7 Å². The zero-order chi connectivity index (χ0) is 27.1. The van der Waals surface area contributed by atoms with Crippen molar-refractivity contribution in [3.05, 3.63) is 61.6 Å². The minimum absolute atomic E-state index is 0.0927. The van der Waals surface area contributed by atoms with Crippen molar-refractivity contribution in [2.45, 2.75) is 52.4 Å². The molecule has 6 N–H and O–H groups in total. The monoisotopic (exact) mass is 551 g/mol. The van der Waals surface area contributed by atoms with Crippen LogP contribution in [0.4, 0.5) is 10.0 Å². The highest BCUT2D eigenvalue weighted by molar-refractivity contribution is 7.17. The van der Waals surface area contributed by atoms with E-state index < -0.39 is 23.6 Å². The van der Waals surface area contributed by atoms with Crippen molar-refractivity contribution in [3.63, 3.8) is 0 Å². The SMILES string of the molecule is CC1CCc2c(sc(NC(=O)c3ccc(C(=O)Nc4sc5c(c4C(N)=O)CCC(C)C5)nc3)c2C(N)=O)C1. The van der Waals surface area contributed by atoms with Crippen molar-refractivity contribution in [2.24, 2.45) is 23.3 Å². The fraction of sp³-hybridized carbons (Fsp3) is 0.370. The normalized spacial score (nSPS) is 18.3. The Morgan fingerprint density at radius 1 is 0.816 bits per heavy atom. The van der Waals surface area contributed by atoms with E-state index in [0.717, 1.165) is 59.4 Å². The molecule has 0 aromatic carbocycles. The van der Waals surface area contributed by atoms with Crippen molar-refractivity contribution in [3.8, 4) is 0 Å². The van der Waals surface area contributed by atoms with Gasteiger partial charge in [-0.05, 0) is 73.6 Å². The van der Waals surface area contributed by atoms with Crippen LogP contribution in [0.5, 0.6) is 0 Å². The maximum absolute atomic E-state index is 12.9. The van der Waals surface area contributed by atoms with Crippen LogP contribution in [0.15, 0.2) is 18.3 Å². The van der Waals surface area contributed by atoms with E-state index in [2.05, 4.69) is 29.5 Å². The van der Waals surface area contributed by atoms with Gasteiger partial charge in [-0.1, -0.05) is 13.8 Å². The molecule has 9 nitrogen and oxygen atoms in total. The number of pyridine rings is 1. The number of thiophene rings is 2. The molecule has 3 aromatic rings. The van der Waals surface area contributed by atoms with Gasteiger partial charge in [0, 0.05) is 16.0 Å². The zero-order valence-electron chi connectivity index (χ0n) is 21.2. The van der Waals surface area contributed by atoms with Crippen LogP contribution in [-0.4, -0.2) is 28.6 Å². The lowest BCUT2D eigenvalue weighted by atomic mass is 9.88. The predicted octanol–water partition coefficient (Wildman–Crippen LogP) is 4.16. The van der Waals surface area contributed by atoms with Crippen molar-refractivity contribution in [2.75, 3.05) is 10.6 Å². The Hall–Kier alpha value is -3.57. The van der Waals surface area contributed by atoms with Crippen molar-refractivity contribution in [1.29, 1.82) is 0 Å². The van der Waals surface area contributed by atoms with Crippen LogP contribution in [0.3, 0.4) is 0 Å². The van der Waals surface area contributed by atoms with Gasteiger partial charge in [-0.15, -0.1) is 22.7 Å². The Bertz CT molecular complexity index is 1350. The summed E-state index contributed by atoms with van der Waals surface area (Å²) in [5, 5.41) is 6.47. The molecule has 0 spiro atoms. The standard InChI is InChI=1S/C27H29N5O4S2/c1-12-3-6-15-18(9-12)37-26(20(15)22(28)33)31-24(35)14-5-8-17(30-11-14)25(36)32-27-21(23(29)34)16-7-4-13(2)10-19(16)38-27/h5,8,11-13H,3-4,6-7,9-10H2,1-2H3,(H2,28,33)(H2,29,34)(H,31,35)(H,32,36). The summed E-state index contributed by atoms with van der Waals surface area (Å²) in [6.45, 7) is 4.32. The smallest absolute Gasteiger partial charge is 0.274 e. The third-order valence-electron chi connectivity index (χ3n) is 7.23. The van der Waals surface area contributed by atoms with E-state index in [-0.39, 0.29) is 11.3 Å². The molecule has 198 valence electrons. The minimum Gasteiger partial charge on any atom is -0.365 e. The quantitative estimate of drug-likeness (QED) is 0.362. The molecule has 0 saturated heterocycles. The summed E-state index contributed by atoms with van der Waals surface area (Å²) in [7, 11) is 0. The topological polar surface area (TPSA) is 157 Å². The first kappa shape index (κ1) is 26.1. The van der Waals surface area contributed by atoms with Gasteiger partial charge in [0.15, 0.2) is 0 Å². The molecule has 2 aliphatic rings. The number of nitrogens with two attached hydrogens (primary N) is 2. The summed E-state index contributed by atoms with van der Waals surface area (Å²) >= 11 is 2.77. The van der Waals surface area contributed by atoms with Gasteiger partial charge >= 0.3 is 0 Å². The molecule has 3 aromatic heterocycles. The van der Waals surface area contributed by atoms with Crippen LogP contribution >= 0.6 is 22.7 Å². The minimum atomic E-state index is -0.563. The van der Waals surface area contributed by atoms with Crippen LogP contribution in [0.2, 0.25) is 0 Å². The van der Waals surface area contributed by atoms with E-state index in [1.54, 1.807) is 0 Å². The van der Waals surface area contributed by atoms with Crippen LogP contribution in [0, 0.1) is 11.8 Å². The van der Waals surface area contributed by atoms with E-state index in [1.807, 2.05) is 0 Å². The number of nitrogens with zero attached hydrogens (tertiary/aromatic N) is 1. The molecule has 2 aliphatic carbocycles. The summed E-state index contributed by atoms with van der Waals surface area (Å²) in [5.74, 6) is -1.05. The molecule has 11 heteroatoms. The van der Waals surface area contributed by atoms with Crippen molar-refractivity contribution in [1.82, 2.24) is 4.98 Å². The van der Waals surface area contributed by atoms with E-state index in [0.29, 0.717) is 33.0 Å². The van der Waals surface area contributed by atoms with Crippen molar-refractivity contribution < 1.29 is 19.2 Å². The number of amides is 4. The number of nitrogens with one attached hydrogen (secondary N) is 2. The average molecular weight is 552 g/mol. The largest absolute Gasteiger partial charge is 0.365 e. The third kappa shape index (κ3) is 4.95. The summed E-state index contributed by atoms with van der Waals surface area (Å²) in [6, 6.07) is 2.94.